The van der Waals surface area contributed by atoms with Crippen LogP contribution in [-0.4, -0.2) is 20.9 Å². The monoisotopic (exact) mass is 364 g/mol. The van der Waals surface area contributed by atoms with E-state index in [1.54, 1.807) is 0 Å². The lowest BCUT2D eigenvalue weighted by Gasteiger charge is -2.08. The summed E-state index contributed by atoms with van der Waals surface area (Å²) in [6.45, 7) is -0.216. The molecule has 0 aliphatic rings. The molecule has 0 saturated carbocycles. The van der Waals surface area contributed by atoms with Crippen molar-refractivity contribution >= 4 is 15.9 Å². The zero-order chi connectivity index (χ0) is 18.4. The molecule has 25 heavy (non-hydrogen) atoms. The van der Waals surface area contributed by atoms with Crippen molar-refractivity contribution < 1.29 is 22.0 Å². The van der Waals surface area contributed by atoms with Crippen LogP contribution in [0.15, 0.2) is 47.4 Å². The van der Waals surface area contributed by atoms with Gasteiger partial charge in [-0.25, -0.2) is 17.2 Å². The summed E-state index contributed by atoms with van der Waals surface area (Å²) < 4.78 is 52.1. The summed E-state index contributed by atoms with van der Waals surface area (Å²) in [5.41, 5.74) is 0.469. The molecule has 0 aromatic heterocycles. The average Bonchev–Trinajstić information content (AvgIpc) is 2.57. The average molecular weight is 364 g/mol. The third-order valence-electron chi connectivity index (χ3n) is 3.17. The molecule has 0 bridgehead atoms. The van der Waals surface area contributed by atoms with Crippen molar-refractivity contribution in [1.29, 1.82) is 0 Å². The van der Waals surface area contributed by atoms with Crippen molar-refractivity contribution in [2.24, 2.45) is 0 Å². The van der Waals surface area contributed by atoms with Gasteiger partial charge in [0.05, 0.1) is 11.4 Å². The summed E-state index contributed by atoms with van der Waals surface area (Å²) in [5, 5.41) is 2.50. The second-order valence-corrected chi connectivity index (χ2v) is 6.78. The lowest BCUT2D eigenvalue weighted by Crippen LogP contribution is -2.25. The number of carbonyl (C=O) groups is 1. The van der Waals surface area contributed by atoms with E-state index in [1.807, 2.05) is 0 Å². The summed E-state index contributed by atoms with van der Waals surface area (Å²) in [7, 11) is -3.74. The Kier molecular flexibility index (Phi) is 5.85. The predicted octanol–water partition coefficient (Wildman–Crippen LogP) is 1.81. The number of nitrogens with one attached hydrogen (secondary N) is 2. The number of amides is 1. The van der Waals surface area contributed by atoms with Crippen LogP contribution in [0.4, 0.5) is 8.78 Å². The fourth-order valence-electron chi connectivity index (χ4n) is 2.00. The third kappa shape index (κ3) is 5.11. The van der Waals surface area contributed by atoms with E-state index in [2.05, 4.69) is 16.0 Å². The molecule has 0 heterocycles. The molecule has 8 heteroatoms. The first-order valence-corrected chi connectivity index (χ1v) is 8.56. The molecule has 1 amide bonds. The summed E-state index contributed by atoms with van der Waals surface area (Å²) in [6.07, 6.45) is 5.00. The van der Waals surface area contributed by atoms with E-state index in [4.69, 9.17) is 6.42 Å². The Morgan fingerprint density at radius 1 is 1.08 bits per heavy atom. The minimum absolute atomic E-state index is 0.0356. The topological polar surface area (TPSA) is 75.3 Å². The Hall–Kier alpha value is -2.76. The molecular formula is C17H14F2N2O3S. The van der Waals surface area contributed by atoms with Crippen LogP contribution in [0.25, 0.3) is 0 Å². The lowest BCUT2D eigenvalue weighted by molar-refractivity contribution is 0.0950. The summed E-state index contributed by atoms with van der Waals surface area (Å²) in [6, 6.07) is 8.12. The van der Waals surface area contributed by atoms with Gasteiger partial charge in [0.2, 0.25) is 10.0 Å². The highest BCUT2D eigenvalue weighted by Crippen LogP contribution is 2.11. The standard InChI is InChI=1S/C17H14F2N2O3S/c1-2-7-21-25(23,24)16-5-3-13(4-6-16)17(22)20-11-12-8-14(18)10-15(19)9-12/h1,3-6,8-10,21H,7,11H2,(H,20,22). The highest BCUT2D eigenvalue weighted by atomic mass is 32.2. The molecule has 0 saturated heterocycles. The van der Waals surface area contributed by atoms with Crippen molar-refractivity contribution in [3.05, 3.63) is 65.2 Å². The van der Waals surface area contributed by atoms with Crippen molar-refractivity contribution in [2.45, 2.75) is 11.4 Å². The van der Waals surface area contributed by atoms with Gasteiger partial charge in [0.1, 0.15) is 11.6 Å². The quantitative estimate of drug-likeness (QED) is 0.768. The predicted molar refractivity (Wildman–Crippen MR) is 88.0 cm³/mol. The smallest absolute Gasteiger partial charge is 0.251 e. The molecule has 2 aromatic rings. The SMILES string of the molecule is C#CCNS(=O)(=O)c1ccc(C(=O)NCc2cc(F)cc(F)c2)cc1. The summed E-state index contributed by atoms with van der Waals surface area (Å²) in [5.74, 6) is 0.171. The van der Waals surface area contributed by atoms with Crippen LogP contribution in [0.1, 0.15) is 15.9 Å². The Morgan fingerprint density at radius 2 is 1.68 bits per heavy atom. The molecule has 0 aliphatic heterocycles. The molecule has 5 nitrogen and oxygen atoms in total. The minimum Gasteiger partial charge on any atom is -0.348 e. The number of hydrogen-bond donors (Lipinski definition) is 2. The maximum atomic E-state index is 13.1. The van der Waals surface area contributed by atoms with E-state index in [0.717, 1.165) is 18.2 Å². The van der Waals surface area contributed by atoms with E-state index in [0.29, 0.717) is 0 Å². The highest BCUT2D eigenvalue weighted by molar-refractivity contribution is 7.89. The van der Waals surface area contributed by atoms with Crippen molar-refractivity contribution in [3.63, 3.8) is 0 Å². The Labute approximate surface area is 144 Å². The second-order valence-electron chi connectivity index (χ2n) is 5.01. The van der Waals surface area contributed by atoms with E-state index in [1.165, 1.54) is 24.3 Å². The molecule has 2 aromatic carbocycles. The number of hydrogen-bond acceptors (Lipinski definition) is 3. The Bertz CT molecular complexity index is 900. The van der Waals surface area contributed by atoms with Gasteiger partial charge in [-0.15, -0.1) is 6.42 Å². The molecule has 2 rings (SSSR count). The van der Waals surface area contributed by atoms with Crippen LogP contribution in [0.2, 0.25) is 0 Å². The normalized spacial score (nSPS) is 10.9. The molecule has 0 radical (unpaired) electrons. The van der Waals surface area contributed by atoms with Crippen LogP contribution in [0.3, 0.4) is 0 Å². The highest BCUT2D eigenvalue weighted by Gasteiger charge is 2.14. The Morgan fingerprint density at radius 3 is 2.24 bits per heavy atom. The van der Waals surface area contributed by atoms with E-state index < -0.39 is 27.6 Å². The van der Waals surface area contributed by atoms with Crippen molar-refractivity contribution in [1.82, 2.24) is 10.0 Å². The number of rotatable bonds is 6. The number of benzene rings is 2. The Balaban J connectivity index is 2.04. The first-order valence-electron chi connectivity index (χ1n) is 7.08. The van der Waals surface area contributed by atoms with Gasteiger partial charge >= 0.3 is 0 Å². The fourth-order valence-corrected chi connectivity index (χ4v) is 2.94. The molecule has 0 fully saturated rings. The van der Waals surface area contributed by atoms with Gasteiger partial charge in [-0.1, -0.05) is 5.92 Å². The number of halogens is 2. The van der Waals surface area contributed by atoms with Gasteiger partial charge in [-0.05, 0) is 42.0 Å². The maximum Gasteiger partial charge on any atom is 0.251 e. The van der Waals surface area contributed by atoms with Crippen molar-refractivity contribution in [3.8, 4) is 12.3 Å². The van der Waals surface area contributed by atoms with Gasteiger partial charge in [0.25, 0.3) is 5.91 Å². The van der Waals surface area contributed by atoms with Crippen LogP contribution in [0.5, 0.6) is 0 Å². The third-order valence-corrected chi connectivity index (χ3v) is 4.58. The zero-order valence-corrected chi connectivity index (χ0v) is 13.7. The molecule has 0 unspecified atom stereocenters. The van der Waals surface area contributed by atoms with Gasteiger partial charge < -0.3 is 5.32 Å². The fraction of sp³-hybridized carbons (Fsp3) is 0.118. The molecule has 0 aliphatic carbocycles. The zero-order valence-electron chi connectivity index (χ0n) is 12.9. The summed E-state index contributed by atoms with van der Waals surface area (Å²) >= 11 is 0. The van der Waals surface area contributed by atoms with E-state index in [-0.39, 0.29) is 29.1 Å². The van der Waals surface area contributed by atoms with Gasteiger partial charge in [-0.3, -0.25) is 4.79 Å². The largest absolute Gasteiger partial charge is 0.348 e. The first-order chi connectivity index (χ1) is 11.8. The minimum atomic E-state index is -3.74. The van der Waals surface area contributed by atoms with Gasteiger partial charge in [0, 0.05) is 18.2 Å². The number of carbonyl (C=O) groups excluding carboxylic acids is 1. The van der Waals surface area contributed by atoms with Gasteiger partial charge in [-0.2, -0.15) is 4.72 Å². The number of terminal acetylenes is 1. The van der Waals surface area contributed by atoms with Crippen LogP contribution >= 0.6 is 0 Å². The molecular weight excluding hydrogens is 350 g/mol. The molecule has 0 spiro atoms. The van der Waals surface area contributed by atoms with Crippen LogP contribution in [-0.2, 0) is 16.6 Å². The second kappa shape index (κ2) is 7.88. The van der Waals surface area contributed by atoms with E-state index in [9.17, 15) is 22.0 Å². The maximum absolute atomic E-state index is 13.1. The van der Waals surface area contributed by atoms with Crippen LogP contribution < -0.4 is 10.0 Å². The molecule has 130 valence electrons. The molecule has 2 N–H and O–H groups in total. The van der Waals surface area contributed by atoms with Crippen molar-refractivity contribution in [2.75, 3.05) is 6.54 Å². The van der Waals surface area contributed by atoms with Gasteiger partial charge in [0.15, 0.2) is 0 Å². The number of sulfonamides is 1. The lowest BCUT2D eigenvalue weighted by atomic mass is 10.2. The van der Waals surface area contributed by atoms with Crippen LogP contribution in [0, 0.1) is 24.0 Å². The summed E-state index contributed by atoms with van der Waals surface area (Å²) in [4.78, 5) is 12.0. The van der Waals surface area contributed by atoms with E-state index >= 15 is 0 Å². The first kappa shape index (κ1) is 18.6. The molecule has 0 atom stereocenters.